The molecule has 1 amide bonds. The van der Waals surface area contributed by atoms with Gasteiger partial charge < -0.3 is 10.2 Å². The van der Waals surface area contributed by atoms with Crippen molar-refractivity contribution in [2.45, 2.75) is 57.9 Å². The van der Waals surface area contributed by atoms with Crippen molar-refractivity contribution in [2.75, 3.05) is 18.0 Å². The Morgan fingerprint density at radius 1 is 1.12 bits per heavy atom. The summed E-state index contributed by atoms with van der Waals surface area (Å²) in [6.07, 6.45) is 9.55. The van der Waals surface area contributed by atoms with E-state index in [1.54, 1.807) is 0 Å². The molecule has 0 radical (unpaired) electrons. The SMILES string of the molecule is C[C@H]1Cc2ccccc2N1CC(=O)NCC12CC3CC(CC(C3)C1)C2. The highest BCUT2D eigenvalue weighted by Crippen LogP contribution is 2.59. The summed E-state index contributed by atoms with van der Waals surface area (Å²) in [5.74, 6) is 3.06. The second kappa shape index (κ2) is 5.75. The fourth-order valence-corrected chi connectivity index (χ4v) is 6.87. The zero-order chi connectivity index (χ0) is 17.0. The number of nitrogens with zero attached hydrogens (tertiary/aromatic N) is 1. The Morgan fingerprint density at radius 2 is 1.76 bits per heavy atom. The third kappa shape index (κ3) is 2.76. The van der Waals surface area contributed by atoms with Crippen molar-refractivity contribution in [2.24, 2.45) is 23.2 Å². The molecule has 4 aliphatic carbocycles. The second-order valence-corrected chi connectivity index (χ2v) is 9.50. The van der Waals surface area contributed by atoms with E-state index in [0.717, 1.165) is 30.7 Å². The maximum Gasteiger partial charge on any atom is 0.239 e. The molecule has 1 aliphatic heterocycles. The van der Waals surface area contributed by atoms with Crippen LogP contribution in [0.5, 0.6) is 0 Å². The Bertz CT molecular complexity index is 647. The van der Waals surface area contributed by atoms with E-state index in [0.29, 0.717) is 18.0 Å². The number of para-hydroxylation sites is 1. The summed E-state index contributed by atoms with van der Waals surface area (Å²) in [4.78, 5) is 15.0. The molecule has 1 N–H and O–H groups in total. The van der Waals surface area contributed by atoms with E-state index in [2.05, 4.69) is 41.4 Å². The summed E-state index contributed by atoms with van der Waals surface area (Å²) >= 11 is 0. The number of rotatable bonds is 4. The van der Waals surface area contributed by atoms with Crippen LogP contribution in [0.25, 0.3) is 0 Å². The lowest BCUT2D eigenvalue weighted by Gasteiger charge is -2.56. The number of fused-ring (bicyclic) bond motifs is 1. The monoisotopic (exact) mass is 338 g/mol. The first-order valence-corrected chi connectivity index (χ1v) is 10.2. The van der Waals surface area contributed by atoms with E-state index >= 15 is 0 Å². The van der Waals surface area contributed by atoms with Gasteiger partial charge in [-0.3, -0.25) is 4.79 Å². The Morgan fingerprint density at radius 3 is 2.44 bits per heavy atom. The molecule has 6 rings (SSSR count). The highest BCUT2D eigenvalue weighted by molar-refractivity contribution is 5.82. The highest BCUT2D eigenvalue weighted by Gasteiger charge is 2.50. The van der Waals surface area contributed by atoms with E-state index in [-0.39, 0.29) is 5.91 Å². The van der Waals surface area contributed by atoms with Crippen molar-refractivity contribution in [3.05, 3.63) is 29.8 Å². The second-order valence-electron chi connectivity index (χ2n) is 9.50. The average molecular weight is 338 g/mol. The Kier molecular flexibility index (Phi) is 3.62. The number of carbonyl (C=O) groups is 1. The van der Waals surface area contributed by atoms with Crippen LogP contribution < -0.4 is 10.2 Å². The average Bonchev–Trinajstić information content (AvgIpc) is 2.88. The predicted octanol–water partition coefficient (Wildman–Crippen LogP) is 3.77. The number of benzene rings is 1. The largest absolute Gasteiger partial charge is 0.359 e. The number of anilines is 1. The number of carbonyl (C=O) groups excluding carboxylic acids is 1. The van der Waals surface area contributed by atoms with E-state index in [4.69, 9.17) is 0 Å². The van der Waals surface area contributed by atoms with Crippen molar-refractivity contribution in [1.29, 1.82) is 0 Å². The Hall–Kier alpha value is -1.51. The van der Waals surface area contributed by atoms with Gasteiger partial charge in [-0.2, -0.15) is 0 Å². The lowest BCUT2D eigenvalue weighted by Crippen LogP contribution is -2.52. The standard InChI is InChI=1S/C22H30N2O/c1-15-6-19-4-2-3-5-20(19)24(15)13-21(25)23-14-22-10-16-7-17(11-22)9-18(8-16)12-22/h2-5,15-18H,6-14H2,1H3,(H,23,25)/t15-,16?,17?,18?,22?/m0/s1. The first-order chi connectivity index (χ1) is 12.1. The maximum absolute atomic E-state index is 12.7. The van der Waals surface area contributed by atoms with Crippen LogP contribution in [0.15, 0.2) is 24.3 Å². The van der Waals surface area contributed by atoms with Gasteiger partial charge in [-0.1, -0.05) is 18.2 Å². The van der Waals surface area contributed by atoms with Crippen molar-refractivity contribution in [1.82, 2.24) is 5.32 Å². The Labute approximate surface area is 151 Å². The molecule has 4 bridgehead atoms. The maximum atomic E-state index is 12.7. The zero-order valence-corrected chi connectivity index (χ0v) is 15.3. The zero-order valence-electron chi connectivity index (χ0n) is 15.3. The Balaban J connectivity index is 1.22. The third-order valence-corrected chi connectivity index (χ3v) is 7.49. The van der Waals surface area contributed by atoms with Gasteiger partial charge in [-0.05, 0) is 86.7 Å². The van der Waals surface area contributed by atoms with Gasteiger partial charge in [0.15, 0.2) is 0 Å². The van der Waals surface area contributed by atoms with E-state index in [1.165, 1.54) is 49.8 Å². The fourth-order valence-electron chi connectivity index (χ4n) is 6.87. The number of amides is 1. The van der Waals surface area contributed by atoms with Crippen LogP contribution in [-0.4, -0.2) is 25.0 Å². The molecule has 25 heavy (non-hydrogen) atoms. The lowest BCUT2D eigenvalue weighted by atomic mass is 9.49. The summed E-state index contributed by atoms with van der Waals surface area (Å²) in [6, 6.07) is 8.95. The molecule has 0 saturated heterocycles. The molecule has 5 aliphatic rings. The van der Waals surface area contributed by atoms with Crippen molar-refractivity contribution in [3.8, 4) is 0 Å². The van der Waals surface area contributed by atoms with Crippen LogP contribution >= 0.6 is 0 Å². The van der Waals surface area contributed by atoms with Gasteiger partial charge in [0.25, 0.3) is 0 Å². The summed E-state index contributed by atoms with van der Waals surface area (Å²) in [7, 11) is 0. The quantitative estimate of drug-likeness (QED) is 0.906. The van der Waals surface area contributed by atoms with E-state index < -0.39 is 0 Å². The minimum atomic E-state index is 0.208. The molecule has 0 spiro atoms. The fraction of sp³-hybridized carbons (Fsp3) is 0.682. The molecule has 134 valence electrons. The predicted molar refractivity (Wildman–Crippen MR) is 101 cm³/mol. The minimum Gasteiger partial charge on any atom is -0.359 e. The normalized spacial score (nSPS) is 38.0. The molecule has 4 saturated carbocycles. The molecule has 3 heteroatoms. The number of nitrogens with one attached hydrogen (secondary N) is 1. The van der Waals surface area contributed by atoms with Crippen LogP contribution in [0.3, 0.4) is 0 Å². The molecule has 0 aromatic heterocycles. The number of hydrogen-bond acceptors (Lipinski definition) is 2. The molecule has 1 aromatic rings. The summed E-state index contributed by atoms with van der Waals surface area (Å²) in [6.45, 7) is 3.65. The molecular weight excluding hydrogens is 308 g/mol. The van der Waals surface area contributed by atoms with Gasteiger partial charge in [-0.15, -0.1) is 0 Å². The summed E-state index contributed by atoms with van der Waals surface area (Å²) in [5.41, 5.74) is 3.06. The summed E-state index contributed by atoms with van der Waals surface area (Å²) in [5, 5.41) is 3.34. The van der Waals surface area contributed by atoms with Crippen LogP contribution in [0.4, 0.5) is 5.69 Å². The highest BCUT2D eigenvalue weighted by atomic mass is 16.2. The van der Waals surface area contributed by atoms with Gasteiger partial charge in [0.1, 0.15) is 0 Å². The molecule has 0 unspecified atom stereocenters. The molecular formula is C22H30N2O. The van der Waals surface area contributed by atoms with Gasteiger partial charge in [-0.25, -0.2) is 0 Å². The van der Waals surface area contributed by atoms with E-state index in [1.807, 2.05) is 0 Å². The summed E-state index contributed by atoms with van der Waals surface area (Å²) < 4.78 is 0. The van der Waals surface area contributed by atoms with Crippen LogP contribution in [0, 0.1) is 23.2 Å². The molecule has 3 nitrogen and oxygen atoms in total. The van der Waals surface area contributed by atoms with Gasteiger partial charge >= 0.3 is 0 Å². The minimum absolute atomic E-state index is 0.208. The van der Waals surface area contributed by atoms with Crippen molar-refractivity contribution < 1.29 is 4.79 Å². The van der Waals surface area contributed by atoms with Crippen LogP contribution in [-0.2, 0) is 11.2 Å². The van der Waals surface area contributed by atoms with Gasteiger partial charge in [0, 0.05) is 18.3 Å². The molecule has 1 aromatic carbocycles. The molecule has 1 atom stereocenters. The number of hydrogen-bond donors (Lipinski definition) is 1. The third-order valence-electron chi connectivity index (χ3n) is 7.49. The molecule has 1 heterocycles. The smallest absolute Gasteiger partial charge is 0.239 e. The van der Waals surface area contributed by atoms with E-state index in [9.17, 15) is 4.79 Å². The topological polar surface area (TPSA) is 32.3 Å². The van der Waals surface area contributed by atoms with Gasteiger partial charge in [0.05, 0.1) is 6.54 Å². The van der Waals surface area contributed by atoms with Crippen LogP contribution in [0.1, 0.15) is 51.0 Å². The van der Waals surface area contributed by atoms with Gasteiger partial charge in [0.2, 0.25) is 5.91 Å². The lowest BCUT2D eigenvalue weighted by molar-refractivity contribution is -0.122. The van der Waals surface area contributed by atoms with Crippen LogP contribution in [0.2, 0.25) is 0 Å². The molecule has 4 fully saturated rings. The first kappa shape index (κ1) is 15.7. The van der Waals surface area contributed by atoms with Crippen molar-refractivity contribution in [3.63, 3.8) is 0 Å². The van der Waals surface area contributed by atoms with Crippen molar-refractivity contribution >= 4 is 11.6 Å². The first-order valence-electron chi connectivity index (χ1n) is 10.2.